The number of nitrogens with zero attached hydrogens (tertiary/aromatic N) is 1. The molecular formula is C21H18ClNO3. The van der Waals surface area contributed by atoms with Gasteiger partial charge in [0.1, 0.15) is 11.5 Å². The van der Waals surface area contributed by atoms with Gasteiger partial charge in [-0.25, -0.2) is 4.90 Å². The molecule has 0 aromatic heterocycles. The highest BCUT2D eigenvalue weighted by Crippen LogP contribution is 2.41. The van der Waals surface area contributed by atoms with Crippen LogP contribution >= 0.6 is 11.6 Å². The summed E-state index contributed by atoms with van der Waals surface area (Å²) in [4.78, 5) is 26.8. The van der Waals surface area contributed by atoms with Crippen LogP contribution in [0.1, 0.15) is 19.8 Å². The number of rotatable bonds is 3. The molecule has 1 fully saturated rings. The molecule has 132 valence electrons. The van der Waals surface area contributed by atoms with Gasteiger partial charge in [-0.1, -0.05) is 41.4 Å². The third kappa shape index (κ3) is 2.90. The number of carbonyl (C=O) groups is 2. The summed E-state index contributed by atoms with van der Waals surface area (Å²) in [6, 6.07) is 14.3. The number of para-hydroxylation sites is 1. The zero-order chi connectivity index (χ0) is 18.3. The molecule has 2 aromatic carbocycles. The molecule has 4 rings (SSSR count). The highest BCUT2D eigenvalue weighted by molar-refractivity contribution is 6.33. The van der Waals surface area contributed by atoms with Crippen LogP contribution in [0.2, 0.25) is 5.02 Å². The van der Waals surface area contributed by atoms with Crippen molar-refractivity contribution in [1.82, 2.24) is 0 Å². The fraction of sp³-hybridized carbons (Fsp3) is 0.238. The van der Waals surface area contributed by atoms with Crippen molar-refractivity contribution in [3.05, 3.63) is 65.2 Å². The van der Waals surface area contributed by atoms with Crippen LogP contribution < -0.4 is 9.64 Å². The van der Waals surface area contributed by atoms with Crippen LogP contribution in [0.25, 0.3) is 0 Å². The molecule has 26 heavy (non-hydrogen) atoms. The normalized spacial score (nSPS) is 22.2. The summed E-state index contributed by atoms with van der Waals surface area (Å²) in [6.45, 7) is 2.00. The van der Waals surface area contributed by atoms with E-state index in [9.17, 15) is 9.59 Å². The highest BCUT2D eigenvalue weighted by Gasteiger charge is 2.48. The molecule has 1 aliphatic heterocycles. The number of hydrogen-bond acceptors (Lipinski definition) is 3. The number of benzene rings is 2. The van der Waals surface area contributed by atoms with Crippen LogP contribution in [-0.2, 0) is 9.59 Å². The quantitative estimate of drug-likeness (QED) is 0.568. The zero-order valence-corrected chi connectivity index (χ0v) is 15.1. The molecular weight excluding hydrogens is 350 g/mol. The smallest absolute Gasteiger partial charge is 0.238 e. The summed E-state index contributed by atoms with van der Waals surface area (Å²) in [7, 11) is 0. The van der Waals surface area contributed by atoms with Crippen LogP contribution in [-0.4, -0.2) is 11.8 Å². The number of ether oxygens (including phenoxy) is 1. The van der Waals surface area contributed by atoms with Gasteiger partial charge in [0.25, 0.3) is 0 Å². The molecule has 0 unspecified atom stereocenters. The topological polar surface area (TPSA) is 46.6 Å². The number of amides is 2. The van der Waals surface area contributed by atoms with Gasteiger partial charge < -0.3 is 4.74 Å². The molecule has 0 bridgehead atoms. The lowest BCUT2D eigenvalue weighted by Crippen LogP contribution is -2.30. The van der Waals surface area contributed by atoms with Crippen LogP contribution in [0.5, 0.6) is 11.5 Å². The van der Waals surface area contributed by atoms with Crippen molar-refractivity contribution in [2.45, 2.75) is 19.8 Å². The van der Waals surface area contributed by atoms with E-state index in [2.05, 4.69) is 6.08 Å². The molecule has 2 aromatic rings. The second kappa shape index (κ2) is 6.61. The van der Waals surface area contributed by atoms with E-state index < -0.39 is 0 Å². The molecule has 2 aliphatic rings. The Morgan fingerprint density at radius 1 is 1.04 bits per heavy atom. The number of hydrogen-bond donors (Lipinski definition) is 0. The lowest BCUT2D eigenvalue weighted by Gasteiger charge is -2.18. The van der Waals surface area contributed by atoms with Crippen molar-refractivity contribution >= 4 is 29.1 Å². The SMILES string of the molecule is CC1=CC[C@H]2C(=O)N(c3ccc(Oc4ccccc4)c(Cl)c3)C(=O)[C@@H]2C1. The molecule has 2 atom stereocenters. The van der Waals surface area contributed by atoms with E-state index in [0.717, 1.165) is 0 Å². The average Bonchev–Trinajstić information content (AvgIpc) is 2.88. The standard InChI is InChI=1S/C21H18ClNO3/c1-13-7-9-16-17(11-13)21(25)23(20(16)24)14-8-10-19(18(22)12-14)26-15-5-3-2-4-6-15/h2-8,10,12,16-17H,9,11H2,1H3/t16-,17-/m1/s1. The van der Waals surface area contributed by atoms with Crippen molar-refractivity contribution in [3.8, 4) is 11.5 Å². The number of anilines is 1. The summed E-state index contributed by atoms with van der Waals surface area (Å²) >= 11 is 6.34. The van der Waals surface area contributed by atoms with Crippen molar-refractivity contribution < 1.29 is 14.3 Å². The van der Waals surface area contributed by atoms with E-state index in [-0.39, 0.29) is 23.7 Å². The second-order valence-electron chi connectivity index (χ2n) is 6.75. The Hall–Kier alpha value is -2.59. The number of halogens is 1. The van der Waals surface area contributed by atoms with Crippen LogP contribution in [0, 0.1) is 11.8 Å². The minimum absolute atomic E-state index is 0.139. The van der Waals surface area contributed by atoms with Gasteiger partial charge in [-0.2, -0.15) is 0 Å². The molecule has 0 spiro atoms. The van der Waals surface area contributed by atoms with Crippen molar-refractivity contribution in [1.29, 1.82) is 0 Å². The van der Waals surface area contributed by atoms with Gasteiger partial charge in [-0.3, -0.25) is 9.59 Å². The summed E-state index contributed by atoms with van der Waals surface area (Å²) in [5.41, 5.74) is 1.66. The van der Waals surface area contributed by atoms with E-state index in [0.29, 0.717) is 35.1 Å². The third-order valence-corrected chi connectivity index (χ3v) is 5.26. The Morgan fingerprint density at radius 3 is 2.50 bits per heavy atom. The first kappa shape index (κ1) is 16.9. The Bertz CT molecular complexity index is 907. The summed E-state index contributed by atoms with van der Waals surface area (Å²) in [6.07, 6.45) is 3.33. The van der Waals surface area contributed by atoms with Gasteiger partial charge in [-0.15, -0.1) is 0 Å². The number of imide groups is 1. The first-order chi connectivity index (χ1) is 12.5. The maximum absolute atomic E-state index is 12.8. The summed E-state index contributed by atoms with van der Waals surface area (Å²) < 4.78 is 5.76. The molecule has 0 N–H and O–H groups in total. The maximum Gasteiger partial charge on any atom is 0.238 e. The lowest BCUT2D eigenvalue weighted by atomic mass is 9.82. The second-order valence-corrected chi connectivity index (χ2v) is 7.15. The van der Waals surface area contributed by atoms with Gasteiger partial charge in [0.05, 0.1) is 22.5 Å². The molecule has 2 amide bonds. The van der Waals surface area contributed by atoms with E-state index in [1.165, 1.54) is 10.5 Å². The minimum Gasteiger partial charge on any atom is -0.456 e. The maximum atomic E-state index is 12.8. The van der Waals surface area contributed by atoms with Gasteiger partial charge in [0, 0.05) is 0 Å². The van der Waals surface area contributed by atoms with E-state index in [1.54, 1.807) is 18.2 Å². The van der Waals surface area contributed by atoms with Crippen molar-refractivity contribution in [3.63, 3.8) is 0 Å². The van der Waals surface area contributed by atoms with E-state index >= 15 is 0 Å². The van der Waals surface area contributed by atoms with Gasteiger partial charge >= 0.3 is 0 Å². The first-order valence-corrected chi connectivity index (χ1v) is 8.98. The first-order valence-electron chi connectivity index (χ1n) is 8.60. The van der Waals surface area contributed by atoms with Crippen LogP contribution in [0.3, 0.4) is 0 Å². The van der Waals surface area contributed by atoms with E-state index in [1.807, 2.05) is 37.3 Å². The Labute approximate surface area is 157 Å². The fourth-order valence-corrected chi connectivity index (χ4v) is 3.83. The van der Waals surface area contributed by atoms with Crippen LogP contribution in [0.15, 0.2) is 60.2 Å². The van der Waals surface area contributed by atoms with Crippen LogP contribution in [0.4, 0.5) is 5.69 Å². The monoisotopic (exact) mass is 367 g/mol. The number of carbonyl (C=O) groups excluding carboxylic acids is 2. The van der Waals surface area contributed by atoms with Gasteiger partial charge in [0.15, 0.2) is 0 Å². The Morgan fingerprint density at radius 2 is 1.77 bits per heavy atom. The Balaban J connectivity index is 1.60. The molecule has 1 heterocycles. The molecule has 5 heteroatoms. The summed E-state index contributed by atoms with van der Waals surface area (Å²) in [5, 5.41) is 0.358. The third-order valence-electron chi connectivity index (χ3n) is 4.97. The lowest BCUT2D eigenvalue weighted by molar-refractivity contribution is -0.122. The summed E-state index contributed by atoms with van der Waals surface area (Å²) in [5.74, 6) is 0.354. The number of fused-ring (bicyclic) bond motifs is 1. The van der Waals surface area contributed by atoms with Gasteiger partial charge in [-0.05, 0) is 50.1 Å². The fourth-order valence-electron chi connectivity index (χ4n) is 3.62. The van der Waals surface area contributed by atoms with E-state index in [4.69, 9.17) is 16.3 Å². The molecule has 4 nitrogen and oxygen atoms in total. The predicted octanol–water partition coefficient (Wildman–Crippen LogP) is 4.98. The molecule has 1 aliphatic carbocycles. The average molecular weight is 368 g/mol. The molecule has 0 saturated carbocycles. The largest absolute Gasteiger partial charge is 0.456 e. The molecule has 1 saturated heterocycles. The number of allylic oxidation sites excluding steroid dienone is 2. The Kier molecular flexibility index (Phi) is 4.29. The predicted molar refractivity (Wildman–Crippen MR) is 100 cm³/mol. The van der Waals surface area contributed by atoms with Crippen molar-refractivity contribution in [2.24, 2.45) is 11.8 Å². The zero-order valence-electron chi connectivity index (χ0n) is 14.3. The van der Waals surface area contributed by atoms with Gasteiger partial charge in [0.2, 0.25) is 11.8 Å². The van der Waals surface area contributed by atoms with Crippen molar-refractivity contribution in [2.75, 3.05) is 4.90 Å². The highest BCUT2D eigenvalue weighted by atomic mass is 35.5. The minimum atomic E-state index is -0.259. The molecule has 0 radical (unpaired) electrons.